The highest BCUT2D eigenvalue weighted by atomic mass is 19.4. The van der Waals surface area contributed by atoms with Crippen LogP contribution in [-0.2, 0) is 6.18 Å². The standard InChI is InChI=1S/C17H11F6N5O2/c18-16(19,20)9-30-14-6-5-10(7-24-14)25-15(29)12-8-28(27-26-12)13-4-2-1-3-11(13)17(21,22)23/h1-8H,9H2,(H,25,29). The van der Waals surface area contributed by atoms with Crippen LogP contribution in [0.5, 0.6) is 5.88 Å². The Morgan fingerprint density at radius 1 is 1.07 bits per heavy atom. The Morgan fingerprint density at radius 2 is 1.80 bits per heavy atom. The van der Waals surface area contributed by atoms with Crippen LogP contribution in [0.1, 0.15) is 16.1 Å². The quantitative estimate of drug-likeness (QED) is 0.621. The number of nitrogens with one attached hydrogen (secondary N) is 1. The average Bonchev–Trinajstić information content (AvgIpc) is 3.16. The smallest absolute Gasteiger partial charge is 0.422 e. The first-order valence-electron chi connectivity index (χ1n) is 8.09. The fraction of sp³-hybridized carbons (Fsp3) is 0.176. The van der Waals surface area contributed by atoms with Gasteiger partial charge in [-0.25, -0.2) is 9.67 Å². The SMILES string of the molecule is O=C(Nc1ccc(OCC(F)(F)F)nc1)c1cn(-c2ccccc2C(F)(F)F)nn1. The van der Waals surface area contributed by atoms with Crippen molar-refractivity contribution in [3.8, 4) is 11.6 Å². The molecule has 0 saturated heterocycles. The van der Waals surface area contributed by atoms with Gasteiger partial charge in [-0.1, -0.05) is 17.3 Å². The summed E-state index contributed by atoms with van der Waals surface area (Å²) < 4.78 is 80.9. The molecule has 1 aromatic carbocycles. The van der Waals surface area contributed by atoms with Crippen molar-refractivity contribution in [2.24, 2.45) is 0 Å². The third-order valence-corrected chi connectivity index (χ3v) is 3.56. The minimum absolute atomic E-state index is 0.101. The van der Waals surface area contributed by atoms with E-state index >= 15 is 0 Å². The normalized spacial score (nSPS) is 11.9. The highest BCUT2D eigenvalue weighted by Gasteiger charge is 2.34. The number of halogens is 6. The van der Waals surface area contributed by atoms with Crippen molar-refractivity contribution in [3.63, 3.8) is 0 Å². The minimum Gasteiger partial charge on any atom is -0.468 e. The summed E-state index contributed by atoms with van der Waals surface area (Å²) in [5.41, 5.74) is -1.46. The number of carbonyl (C=O) groups is 1. The molecule has 7 nitrogen and oxygen atoms in total. The third kappa shape index (κ3) is 5.24. The Balaban J connectivity index is 1.71. The lowest BCUT2D eigenvalue weighted by molar-refractivity contribution is -0.154. The number of benzene rings is 1. The molecule has 3 rings (SSSR count). The minimum atomic E-state index is -4.63. The second-order valence-corrected chi connectivity index (χ2v) is 5.81. The average molecular weight is 431 g/mol. The molecule has 0 aliphatic heterocycles. The number of aromatic nitrogens is 4. The van der Waals surface area contributed by atoms with Crippen molar-refractivity contribution in [1.82, 2.24) is 20.0 Å². The van der Waals surface area contributed by atoms with Crippen LogP contribution >= 0.6 is 0 Å². The van der Waals surface area contributed by atoms with Crippen molar-refractivity contribution in [1.29, 1.82) is 0 Å². The lowest BCUT2D eigenvalue weighted by atomic mass is 10.1. The topological polar surface area (TPSA) is 81.9 Å². The van der Waals surface area contributed by atoms with E-state index in [-0.39, 0.29) is 22.9 Å². The van der Waals surface area contributed by atoms with Gasteiger partial charge >= 0.3 is 12.4 Å². The van der Waals surface area contributed by atoms with Gasteiger partial charge < -0.3 is 10.1 Å². The van der Waals surface area contributed by atoms with E-state index in [1.165, 1.54) is 24.3 Å². The first-order valence-corrected chi connectivity index (χ1v) is 8.09. The molecular weight excluding hydrogens is 420 g/mol. The molecule has 0 unspecified atom stereocenters. The molecule has 158 valence electrons. The molecule has 0 spiro atoms. The van der Waals surface area contributed by atoms with Crippen LogP contribution in [0.2, 0.25) is 0 Å². The first kappa shape index (κ1) is 21.1. The van der Waals surface area contributed by atoms with E-state index in [0.29, 0.717) is 0 Å². The fourth-order valence-electron chi connectivity index (χ4n) is 2.29. The third-order valence-electron chi connectivity index (χ3n) is 3.56. The maximum absolute atomic E-state index is 13.1. The zero-order chi connectivity index (χ0) is 21.9. The highest BCUT2D eigenvalue weighted by Crippen LogP contribution is 2.33. The predicted octanol–water partition coefficient (Wildman–Crippen LogP) is 3.87. The van der Waals surface area contributed by atoms with E-state index in [1.54, 1.807) is 0 Å². The number of alkyl halides is 6. The van der Waals surface area contributed by atoms with E-state index in [2.05, 4.69) is 25.3 Å². The molecule has 0 saturated carbocycles. The molecule has 0 aliphatic rings. The van der Waals surface area contributed by atoms with Crippen LogP contribution in [0.25, 0.3) is 5.69 Å². The molecular formula is C17H11F6N5O2. The summed E-state index contributed by atoms with van der Waals surface area (Å²) in [6.45, 7) is -1.52. The summed E-state index contributed by atoms with van der Waals surface area (Å²) in [7, 11) is 0. The number of ether oxygens (including phenoxy) is 1. The summed E-state index contributed by atoms with van der Waals surface area (Å²) in [6, 6.07) is 6.97. The largest absolute Gasteiger partial charge is 0.468 e. The van der Waals surface area contributed by atoms with Crippen molar-refractivity contribution in [2.45, 2.75) is 12.4 Å². The molecule has 30 heavy (non-hydrogen) atoms. The molecule has 1 amide bonds. The van der Waals surface area contributed by atoms with E-state index in [1.807, 2.05) is 0 Å². The van der Waals surface area contributed by atoms with Gasteiger partial charge in [-0.2, -0.15) is 26.3 Å². The molecule has 0 bridgehead atoms. The molecule has 13 heteroatoms. The van der Waals surface area contributed by atoms with Gasteiger partial charge in [0.1, 0.15) is 0 Å². The van der Waals surface area contributed by atoms with Crippen molar-refractivity contribution in [3.05, 3.63) is 60.0 Å². The number of carbonyl (C=O) groups excluding carboxylic acids is 1. The van der Waals surface area contributed by atoms with Crippen molar-refractivity contribution in [2.75, 3.05) is 11.9 Å². The van der Waals surface area contributed by atoms with E-state index < -0.39 is 30.4 Å². The van der Waals surface area contributed by atoms with E-state index in [9.17, 15) is 31.1 Å². The maximum Gasteiger partial charge on any atom is 0.422 e. The second-order valence-electron chi connectivity index (χ2n) is 5.81. The van der Waals surface area contributed by atoms with Gasteiger partial charge in [0.15, 0.2) is 12.3 Å². The zero-order valence-corrected chi connectivity index (χ0v) is 14.7. The molecule has 2 heterocycles. The lowest BCUT2D eigenvalue weighted by Gasteiger charge is -2.11. The van der Waals surface area contributed by atoms with Gasteiger partial charge in [0.25, 0.3) is 5.91 Å². The van der Waals surface area contributed by atoms with Crippen LogP contribution in [0, 0.1) is 0 Å². The monoisotopic (exact) mass is 431 g/mol. The van der Waals surface area contributed by atoms with E-state index in [0.717, 1.165) is 29.2 Å². The summed E-state index contributed by atoms with van der Waals surface area (Å²) in [5, 5.41) is 9.45. The molecule has 0 fully saturated rings. The number of amides is 1. The molecule has 2 aromatic heterocycles. The number of rotatable bonds is 5. The molecule has 0 aliphatic carbocycles. The number of para-hydroxylation sites is 1. The van der Waals surface area contributed by atoms with Crippen molar-refractivity contribution >= 4 is 11.6 Å². The summed E-state index contributed by atoms with van der Waals surface area (Å²) in [5.74, 6) is -1.11. The number of hydrogen-bond acceptors (Lipinski definition) is 5. The number of anilines is 1. The first-order chi connectivity index (χ1) is 14.0. The Kier molecular flexibility index (Phi) is 5.62. The fourth-order valence-corrected chi connectivity index (χ4v) is 2.29. The second kappa shape index (κ2) is 8.00. The van der Waals surface area contributed by atoms with Gasteiger partial charge in [-0.3, -0.25) is 4.79 Å². The summed E-state index contributed by atoms with van der Waals surface area (Å²) in [6.07, 6.45) is -7.10. The van der Waals surface area contributed by atoms with E-state index in [4.69, 9.17) is 0 Å². The Labute approximate surface area is 164 Å². The van der Waals surface area contributed by atoms with Crippen LogP contribution in [0.15, 0.2) is 48.8 Å². The zero-order valence-electron chi connectivity index (χ0n) is 14.7. The molecule has 1 N–H and O–H groups in total. The Morgan fingerprint density at radius 3 is 2.43 bits per heavy atom. The summed E-state index contributed by atoms with van der Waals surface area (Å²) >= 11 is 0. The Bertz CT molecular complexity index is 1030. The maximum atomic E-state index is 13.1. The van der Waals surface area contributed by atoms with Crippen LogP contribution in [0.3, 0.4) is 0 Å². The van der Waals surface area contributed by atoms with Gasteiger partial charge in [0.2, 0.25) is 5.88 Å². The Hall–Kier alpha value is -3.64. The lowest BCUT2D eigenvalue weighted by Crippen LogP contribution is -2.19. The number of nitrogens with zero attached hydrogens (tertiary/aromatic N) is 4. The predicted molar refractivity (Wildman–Crippen MR) is 90.1 cm³/mol. The summed E-state index contributed by atoms with van der Waals surface area (Å²) in [4.78, 5) is 15.8. The van der Waals surface area contributed by atoms with Gasteiger partial charge in [0.05, 0.1) is 29.3 Å². The van der Waals surface area contributed by atoms with Gasteiger partial charge in [-0.05, 0) is 18.2 Å². The highest BCUT2D eigenvalue weighted by molar-refractivity contribution is 6.02. The van der Waals surface area contributed by atoms with Crippen LogP contribution in [-0.4, -0.2) is 38.7 Å². The molecule has 0 atom stereocenters. The van der Waals surface area contributed by atoms with Gasteiger partial charge in [0, 0.05) is 6.07 Å². The van der Waals surface area contributed by atoms with Gasteiger partial charge in [-0.15, -0.1) is 5.10 Å². The van der Waals surface area contributed by atoms with Crippen LogP contribution in [0.4, 0.5) is 32.0 Å². The number of hydrogen-bond donors (Lipinski definition) is 1. The molecule has 3 aromatic rings. The number of pyridine rings is 1. The van der Waals surface area contributed by atoms with Crippen LogP contribution < -0.4 is 10.1 Å². The molecule has 0 radical (unpaired) electrons. The van der Waals surface area contributed by atoms with Crippen molar-refractivity contribution < 1.29 is 35.9 Å².